The normalized spacial score (nSPS) is 15.9. The third-order valence-electron chi connectivity index (χ3n) is 5.61. The number of thiazole rings is 1. The molecule has 0 bridgehead atoms. The van der Waals surface area contributed by atoms with Gasteiger partial charge in [0.2, 0.25) is 5.95 Å². The zero-order valence-corrected chi connectivity index (χ0v) is 20.9. The first-order chi connectivity index (χ1) is 16.9. The predicted molar refractivity (Wildman–Crippen MR) is 135 cm³/mol. The molecule has 35 heavy (non-hydrogen) atoms. The van der Waals surface area contributed by atoms with Gasteiger partial charge in [-0.1, -0.05) is 22.9 Å². The molecule has 4 aromatic heterocycles. The molecule has 0 spiro atoms. The quantitative estimate of drug-likeness (QED) is 0.397. The van der Waals surface area contributed by atoms with E-state index in [0.717, 1.165) is 12.2 Å². The molecule has 0 saturated carbocycles. The summed E-state index contributed by atoms with van der Waals surface area (Å²) in [5.74, 6) is 0.757. The van der Waals surface area contributed by atoms with Gasteiger partial charge in [0.05, 0.1) is 44.3 Å². The van der Waals surface area contributed by atoms with E-state index in [1.165, 1.54) is 30.8 Å². The summed E-state index contributed by atoms with van der Waals surface area (Å²) in [4.78, 5) is 38.1. The minimum Gasteiger partial charge on any atom is -0.494 e. The highest BCUT2D eigenvalue weighted by molar-refractivity contribution is 7.22. The highest BCUT2D eigenvalue weighted by Gasteiger charge is 2.23. The van der Waals surface area contributed by atoms with Gasteiger partial charge >= 0.3 is 0 Å². The van der Waals surface area contributed by atoms with Gasteiger partial charge in [0.25, 0.3) is 5.91 Å². The number of pyridine rings is 2. The number of anilines is 2. The average molecular weight is 512 g/mol. The number of carbonyl (C=O) groups excluding carboxylic acids is 1. The second kappa shape index (κ2) is 9.68. The molecule has 1 atom stereocenters. The van der Waals surface area contributed by atoms with E-state index in [0.29, 0.717) is 57.1 Å². The summed E-state index contributed by atoms with van der Waals surface area (Å²) in [7, 11) is 1.54. The topological polar surface area (TPSA) is 115 Å². The molecule has 0 radical (unpaired) electrons. The fourth-order valence-corrected chi connectivity index (χ4v) is 4.82. The number of carbonyl (C=O) groups is 1. The van der Waals surface area contributed by atoms with Crippen LogP contribution in [0, 0.1) is 6.92 Å². The second-order valence-electron chi connectivity index (χ2n) is 8.03. The van der Waals surface area contributed by atoms with E-state index in [4.69, 9.17) is 21.1 Å². The Morgan fingerprint density at radius 3 is 2.86 bits per heavy atom. The monoisotopic (exact) mass is 511 g/mol. The zero-order valence-electron chi connectivity index (χ0n) is 19.3. The summed E-state index contributed by atoms with van der Waals surface area (Å²) in [6, 6.07) is 3.65. The third kappa shape index (κ3) is 4.75. The highest BCUT2D eigenvalue weighted by Crippen LogP contribution is 2.34. The van der Waals surface area contributed by atoms with Gasteiger partial charge in [0.1, 0.15) is 16.4 Å². The molecule has 1 N–H and O–H groups in total. The van der Waals surface area contributed by atoms with E-state index >= 15 is 0 Å². The van der Waals surface area contributed by atoms with Crippen LogP contribution in [0.15, 0.2) is 30.7 Å². The number of amides is 1. The van der Waals surface area contributed by atoms with Crippen molar-refractivity contribution < 1.29 is 14.3 Å². The average Bonchev–Trinajstić information content (AvgIpc) is 3.25. The lowest BCUT2D eigenvalue weighted by Gasteiger charge is -2.33. The Labute approximate surface area is 210 Å². The van der Waals surface area contributed by atoms with Crippen LogP contribution >= 0.6 is 22.9 Å². The fraction of sp³-hybridized carbons (Fsp3) is 0.304. The molecule has 5 heterocycles. The summed E-state index contributed by atoms with van der Waals surface area (Å²) in [5, 5.41) is 3.58. The number of ether oxygens (including phenoxy) is 2. The molecule has 1 fully saturated rings. The number of rotatable bonds is 5. The first kappa shape index (κ1) is 23.3. The van der Waals surface area contributed by atoms with Gasteiger partial charge in [0, 0.05) is 29.6 Å². The minimum absolute atomic E-state index is 0.180. The Kier molecular flexibility index (Phi) is 6.46. The van der Waals surface area contributed by atoms with Crippen LogP contribution in [0.4, 0.5) is 11.1 Å². The highest BCUT2D eigenvalue weighted by atomic mass is 35.5. The van der Waals surface area contributed by atoms with Crippen molar-refractivity contribution in [2.24, 2.45) is 0 Å². The molecule has 1 amide bonds. The summed E-state index contributed by atoms with van der Waals surface area (Å²) in [6.45, 7) is 5.91. The van der Waals surface area contributed by atoms with Crippen LogP contribution in [0.2, 0.25) is 5.15 Å². The smallest absolute Gasteiger partial charge is 0.259 e. The molecule has 1 aliphatic rings. The second-order valence-corrected chi connectivity index (χ2v) is 9.39. The molecule has 0 unspecified atom stereocenters. The van der Waals surface area contributed by atoms with Crippen LogP contribution in [0.1, 0.15) is 23.0 Å². The number of hydrogen-bond donors (Lipinski definition) is 1. The van der Waals surface area contributed by atoms with Crippen molar-refractivity contribution in [3.05, 3.63) is 47.1 Å². The Bertz CT molecular complexity index is 1410. The molecule has 4 aromatic rings. The van der Waals surface area contributed by atoms with Crippen LogP contribution in [-0.2, 0) is 4.74 Å². The molecule has 1 aliphatic heterocycles. The Morgan fingerprint density at radius 1 is 1.20 bits per heavy atom. The Morgan fingerprint density at radius 2 is 2.06 bits per heavy atom. The molecular weight excluding hydrogens is 490 g/mol. The molecule has 10 nitrogen and oxygen atoms in total. The van der Waals surface area contributed by atoms with Gasteiger partial charge in [-0.2, -0.15) is 4.98 Å². The molecule has 0 aliphatic carbocycles. The van der Waals surface area contributed by atoms with E-state index in [-0.39, 0.29) is 17.1 Å². The van der Waals surface area contributed by atoms with Gasteiger partial charge in [0.15, 0.2) is 9.96 Å². The van der Waals surface area contributed by atoms with Crippen LogP contribution < -0.4 is 15.0 Å². The van der Waals surface area contributed by atoms with Crippen molar-refractivity contribution >= 4 is 50.3 Å². The standard InChI is InChI=1S/C23H22ClN7O3S/c1-12-6-14(15-7-19(24)26-10-18(15)33-3)16(8-25-12)20(32)29-23-28-17-9-27-22(30-21(17)35-23)31-4-5-34-11-13(31)2/h6-10,13H,4-5,11H2,1-3H3,(H,28,29,32)/t13-/m1/s1. The van der Waals surface area contributed by atoms with Crippen molar-refractivity contribution in [1.29, 1.82) is 0 Å². The Balaban J connectivity index is 1.45. The fourth-order valence-electron chi connectivity index (χ4n) is 3.86. The van der Waals surface area contributed by atoms with Crippen LogP contribution in [-0.4, -0.2) is 63.7 Å². The minimum atomic E-state index is -0.364. The molecule has 1 saturated heterocycles. The SMILES string of the molecule is COc1cnc(Cl)cc1-c1cc(C)ncc1C(=O)Nc1nc2cnc(N3CCOC[C@H]3C)nc2s1. The number of fused-ring (bicyclic) bond motifs is 1. The number of halogens is 1. The van der Waals surface area contributed by atoms with Gasteiger partial charge in [-0.15, -0.1) is 0 Å². The lowest BCUT2D eigenvalue weighted by molar-refractivity contribution is 0.0981. The maximum absolute atomic E-state index is 13.3. The molecule has 12 heteroatoms. The van der Waals surface area contributed by atoms with Crippen molar-refractivity contribution in [3.8, 4) is 16.9 Å². The van der Waals surface area contributed by atoms with Crippen LogP contribution in [0.3, 0.4) is 0 Å². The molecule has 180 valence electrons. The van der Waals surface area contributed by atoms with Crippen molar-refractivity contribution in [2.75, 3.05) is 37.1 Å². The van der Waals surface area contributed by atoms with E-state index in [2.05, 4.69) is 42.1 Å². The van der Waals surface area contributed by atoms with E-state index in [1.807, 2.05) is 13.0 Å². The predicted octanol–water partition coefficient (Wildman–Crippen LogP) is 3.99. The maximum Gasteiger partial charge on any atom is 0.259 e. The third-order valence-corrected chi connectivity index (χ3v) is 6.70. The summed E-state index contributed by atoms with van der Waals surface area (Å²) in [5.41, 5.74) is 2.97. The molecule has 5 rings (SSSR count). The number of aromatic nitrogens is 5. The largest absolute Gasteiger partial charge is 0.494 e. The maximum atomic E-state index is 13.3. The number of nitrogens with one attached hydrogen (secondary N) is 1. The molecule has 0 aromatic carbocycles. The lowest BCUT2D eigenvalue weighted by Crippen LogP contribution is -2.44. The van der Waals surface area contributed by atoms with Gasteiger partial charge in [-0.3, -0.25) is 15.1 Å². The summed E-state index contributed by atoms with van der Waals surface area (Å²) >= 11 is 7.42. The van der Waals surface area contributed by atoms with E-state index in [1.54, 1.807) is 12.3 Å². The zero-order chi connectivity index (χ0) is 24.5. The number of aryl methyl sites for hydroxylation is 1. The van der Waals surface area contributed by atoms with Gasteiger partial charge in [-0.25, -0.2) is 15.0 Å². The van der Waals surface area contributed by atoms with Crippen molar-refractivity contribution in [2.45, 2.75) is 19.9 Å². The van der Waals surface area contributed by atoms with Crippen LogP contribution in [0.25, 0.3) is 21.5 Å². The van der Waals surface area contributed by atoms with Crippen molar-refractivity contribution in [3.63, 3.8) is 0 Å². The molecular formula is C23H22ClN7O3S. The van der Waals surface area contributed by atoms with E-state index < -0.39 is 0 Å². The Hall–Kier alpha value is -3.41. The first-order valence-electron chi connectivity index (χ1n) is 10.9. The number of methoxy groups -OCH3 is 1. The lowest BCUT2D eigenvalue weighted by atomic mass is 10.0. The summed E-state index contributed by atoms with van der Waals surface area (Å²) in [6.07, 6.45) is 4.72. The van der Waals surface area contributed by atoms with Crippen LogP contribution in [0.5, 0.6) is 5.75 Å². The number of nitrogens with zero attached hydrogens (tertiary/aromatic N) is 6. The van der Waals surface area contributed by atoms with Crippen molar-refractivity contribution in [1.82, 2.24) is 24.9 Å². The van der Waals surface area contributed by atoms with Gasteiger partial charge < -0.3 is 14.4 Å². The summed E-state index contributed by atoms with van der Waals surface area (Å²) < 4.78 is 10.9. The van der Waals surface area contributed by atoms with E-state index in [9.17, 15) is 4.79 Å². The van der Waals surface area contributed by atoms with Gasteiger partial charge in [-0.05, 0) is 26.0 Å². The first-order valence-corrected chi connectivity index (χ1v) is 12.1. The number of morpholine rings is 1. The number of hydrogen-bond acceptors (Lipinski definition) is 10.